The van der Waals surface area contributed by atoms with Crippen molar-refractivity contribution in [2.45, 2.75) is 52.1 Å². The molecule has 0 fully saturated rings. The molecule has 0 radical (unpaired) electrons. The third kappa shape index (κ3) is 2.72. The summed E-state index contributed by atoms with van der Waals surface area (Å²) in [6, 6.07) is 8.82. The van der Waals surface area contributed by atoms with E-state index >= 15 is 0 Å². The van der Waals surface area contributed by atoms with Gasteiger partial charge in [0, 0.05) is 18.0 Å². The van der Waals surface area contributed by atoms with Crippen LogP contribution in [0.25, 0.3) is 10.9 Å². The molecular weight excluding hydrogens is 222 g/mol. The van der Waals surface area contributed by atoms with Crippen LogP contribution in [0.2, 0.25) is 0 Å². The minimum absolute atomic E-state index is 0.338. The summed E-state index contributed by atoms with van der Waals surface area (Å²) in [6.45, 7) is 5.21. The fraction of sp³-hybridized carbons (Fsp3) is 0.533. The Balaban J connectivity index is 2.13. The number of aryl methyl sites for hydroxylation is 2. The van der Waals surface area contributed by atoms with Crippen molar-refractivity contribution >= 4 is 10.9 Å². The van der Waals surface area contributed by atoms with Gasteiger partial charge in [0.25, 0.3) is 0 Å². The van der Waals surface area contributed by atoms with Gasteiger partial charge in [0.05, 0.1) is 11.2 Å². The quantitative estimate of drug-likeness (QED) is 0.849. The van der Waals surface area contributed by atoms with Crippen LogP contribution >= 0.6 is 0 Å². The van der Waals surface area contributed by atoms with Crippen molar-refractivity contribution in [3.63, 3.8) is 0 Å². The van der Waals surface area contributed by atoms with Gasteiger partial charge in [-0.15, -0.1) is 0 Å². The Hall–Kier alpha value is -1.35. The van der Waals surface area contributed by atoms with Crippen LogP contribution in [0.4, 0.5) is 0 Å². The van der Waals surface area contributed by atoms with E-state index in [0.717, 1.165) is 32.2 Å². The molecule has 1 unspecified atom stereocenters. The van der Waals surface area contributed by atoms with Crippen LogP contribution in [0.1, 0.15) is 38.8 Å². The molecule has 1 heterocycles. The van der Waals surface area contributed by atoms with Gasteiger partial charge in [-0.2, -0.15) is 5.10 Å². The Bertz CT molecular complexity index is 501. The topological polar surface area (TPSA) is 43.8 Å². The Labute approximate surface area is 109 Å². The average Bonchev–Trinajstić information content (AvgIpc) is 2.77. The lowest BCUT2D eigenvalue weighted by molar-refractivity contribution is 0.562. The summed E-state index contributed by atoms with van der Waals surface area (Å²) < 4.78 is 2.09. The Morgan fingerprint density at radius 1 is 1.28 bits per heavy atom. The van der Waals surface area contributed by atoms with E-state index in [2.05, 4.69) is 42.8 Å². The van der Waals surface area contributed by atoms with E-state index in [9.17, 15) is 0 Å². The van der Waals surface area contributed by atoms with Gasteiger partial charge >= 0.3 is 0 Å². The van der Waals surface area contributed by atoms with Crippen molar-refractivity contribution in [1.29, 1.82) is 0 Å². The zero-order chi connectivity index (χ0) is 13.0. The molecule has 0 amide bonds. The van der Waals surface area contributed by atoms with E-state index < -0.39 is 0 Å². The molecular formula is C15H23N3. The van der Waals surface area contributed by atoms with E-state index in [-0.39, 0.29) is 0 Å². The highest BCUT2D eigenvalue weighted by molar-refractivity contribution is 5.81. The largest absolute Gasteiger partial charge is 0.328 e. The highest BCUT2D eigenvalue weighted by Crippen LogP contribution is 2.20. The van der Waals surface area contributed by atoms with Crippen LogP contribution in [-0.2, 0) is 13.0 Å². The lowest BCUT2D eigenvalue weighted by Gasteiger charge is -2.06. The summed E-state index contributed by atoms with van der Waals surface area (Å²) in [6.07, 6.45) is 4.30. The molecule has 1 aromatic heterocycles. The minimum atomic E-state index is 0.338. The molecule has 3 nitrogen and oxygen atoms in total. The van der Waals surface area contributed by atoms with Crippen molar-refractivity contribution in [3.8, 4) is 0 Å². The summed E-state index contributed by atoms with van der Waals surface area (Å²) in [5.41, 5.74) is 8.42. The first kappa shape index (κ1) is 13.1. The minimum Gasteiger partial charge on any atom is -0.328 e. The maximum atomic E-state index is 5.96. The summed E-state index contributed by atoms with van der Waals surface area (Å²) in [5.74, 6) is 0. The molecule has 1 atom stereocenters. The van der Waals surface area contributed by atoms with E-state index in [0.29, 0.717) is 6.04 Å². The number of para-hydroxylation sites is 1. The Morgan fingerprint density at radius 2 is 2.06 bits per heavy atom. The van der Waals surface area contributed by atoms with Crippen LogP contribution < -0.4 is 5.73 Å². The van der Waals surface area contributed by atoms with E-state index in [1.54, 1.807) is 0 Å². The molecule has 0 saturated heterocycles. The SMILES string of the molecule is CCC(N)CCCc1nn(CC)c2ccccc12. The number of nitrogens with zero attached hydrogens (tertiary/aromatic N) is 2. The van der Waals surface area contributed by atoms with Crippen molar-refractivity contribution < 1.29 is 0 Å². The second-order valence-electron chi connectivity index (χ2n) is 4.84. The number of hydrogen-bond donors (Lipinski definition) is 1. The fourth-order valence-electron chi connectivity index (χ4n) is 2.36. The van der Waals surface area contributed by atoms with Crippen LogP contribution in [-0.4, -0.2) is 15.8 Å². The van der Waals surface area contributed by atoms with Crippen LogP contribution in [0.15, 0.2) is 24.3 Å². The van der Waals surface area contributed by atoms with Crippen molar-refractivity contribution in [3.05, 3.63) is 30.0 Å². The van der Waals surface area contributed by atoms with Crippen molar-refractivity contribution in [2.24, 2.45) is 5.73 Å². The fourth-order valence-corrected chi connectivity index (χ4v) is 2.36. The zero-order valence-corrected chi connectivity index (χ0v) is 11.4. The number of rotatable bonds is 6. The van der Waals surface area contributed by atoms with Crippen molar-refractivity contribution in [2.75, 3.05) is 0 Å². The highest BCUT2D eigenvalue weighted by Gasteiger charge is 2.09. The molecule has 0 aliphatic rings. The number of fused-ring (bicyclic) bond motifs is 1. The van der Waals surface area contributed by atoms with E-state index in [1.165, 1.54) is 16.6 Å². The van der Waals surface area contributed by atoms with Crippen LogP contribution in [0, 0.1) is 0 Å². The summed E-state index contributed by atoms with van der Waals surface area (Å²) in [5, 5.41) is 6.00. The molecule has 2 N–H and O–H groups in total. The molecule has 0 saturated carbocycles. The normalized spacial score (nSPS) is 13.1. The van der Waals surface area contributed by atoms with Gasteiger partial charge in [-0.05, 0) is 38.7 Å². The number of hydrogen-bond acceptors (Lipinski definition) is 2. The summed E-state index contributed by atoms with van der Waals surface area (Å²) in [7, 11) is 0. The first-order valence-corrected chi connectivity index (χ1v) is 6.96. The van der Waals surface area contributed by atoms with Gasteiger partial charge in [-0.1, -0.05) is 25.1 Å². The highest BCUT2D eigenvalue weighted by atomic mass is 15.3. The van der Waals surface area contributed by atoms with Gasteiger partial charge in [0.1, 0.15) is 0 Å². The maximum Gasteiger partial charge on any atom is 0.0703 e. The molecule has 3 heteroatoms. The van der Waals surface area contributed by atoms with Crippen LogP contribution in [0.3, 0.4) is 0 Å². The second kappa shape index (κ2) is 6.01. The standard InChI is InChI=1S/C15H23N3/c1-3-12(16)8-7-10-14-13-9-5-6-11-15(13)18(4-2)17-14/h5-6,9,11-12H,3-4,7-8,10,16H2,1-2H3. The molecule has 1 aromatic carbocycles. The van der Waals surface area contributed by atoms with Gasteiger partial charge < -0.3 is 5.73 Å². The lowest BCUT2D eigenvalue weighted by atomic mass is 10.1. The average molecular weight is 245 g/mol. The van der Waals surface area contributed by atoms with Gasteiger partial charge in [0.15, 0.2) is 0 Å². The van der Waals surface area contributed by atoms with Crippen molar-refractivity contribution in [1.82, 2.24) is 9.78 Å². The third-order valence-electron chi connectivity index (χ3n) is 3.55. The number of nitrogens with two attached hydrogens (primary N) is 1. The second-order valence-corrected chi connectivity index (χ2v) is 4.84. The monoisotopic (exact) mass is 245 g/mol. The molecule has 0 spiro atoms. The molecule has 18 heavy (non-hydrogen) atoms. The van der Waals surface area contributed by atoms with Gasteiger partial charge in [0.2, 0.25) is 0 Å². The Kier molecular flexibility index (Phi) is 4.37. The number of benzene rings is 1. The predicted octanol–water partition coefficient (Wildman–Crippen LogP) is 3.12. The summed E-state index contributed by atoms with van der Waals surface area (Å²) in [4.78, 5) is 0. The van der Waals surface area contributed by atoms with E-state index in [1.807, 2.05) is 0 Å². The predicted molar refractivity (Wildman–Crippen MR) is 76.6 cm³/mol. The zero-order valence-electron chi connectivity index (χ0n) is 11.4. The lowest BCUT2D eigenvalue weighted by Crippen LogP contribution is -2.18. The maximum absolute atomic E-state index is 5.96. The first-order valence-electron chi connectivity index (χ1n) is 6.96. The van der Waals surface area contributed by atoms with Gasteiger partial charge in [-0.25, -0.2) is 0 Å². The Morgan fingerprint density at radius 3 is 2.78 bits per heavy atom. The summed E-state index contributed by atoms with van der Waals surface area (Å²) >= 11 is 0. The van der Waals surface area contributed by atoms with Gasteiger partial charge in [-0.3, -0.25) is 4.68 Å². The number of aromatic nitrogens is 2. The molecule has 98 valence electrons. The molecule has 2 rings (SSSR count). The van der Waals surface area contributed by atoms with Crippen LogP contribution in [0.5, 0.6) is 0 Å². The molecule has 0 aliphatic carbocycles. The molecule has 0 aliphatic heterocycles. The van der Waals surface area contributed by atoms with E-state index in [4.69, 9.17) is 10.8 Å². The molecule has 0 bridgehead atoms. The molecule has 2 aromatic rings. The third-order valence-corrected chi connectivity index (χ3v) is 3.55. The first-order chi connectivity index (χ1) is 8.76. The smallest absolute Gasteiger partial charge is 0.0703 e.